The molecule has 318 valence electrons. The normalized spacial score (nSPS) is 22.0. The average molecular weight is 824 g/mol. The largest absolute Gasteiger partial charge is 0.352 e. The van der Waals surface area contributed by atoms with E-state index in [4.69, 9.17) is 4.98 Å². The van der Waals surface area contributed by atoms with Gasteiger partial charge in [-0.1, -0.05) is 20.8 Å². The first-order chi connectivity index (χ1) is 28.1. The monoisotopic (exact) mass is 823 g/mol. The number of carbonyl (C=O) groups is 4. The van der Waals surface area contributed by atoms with Crippen LogP contribution in [0.4, 0.5) is 17.6 Å². The number of likely N-dealkylation sites (N-methyl/N-ethyl adjacent to an activating group) is 2. The van der Waals surface area contributed by atoms with E-state index in [1.54, 1.807) is 30.8 Å². The Bertz CT molecular complexity index is 2230. The third-order valence-corrected chi connectivity index (χ3v) is 11.7. The van der Waals surface area contributed by atoms with Gasteiger partial charge in [-0.3, -0.25) is 19.2 Å². The lowest BCUT2D eigenvalue weighted by Crippen LogP contribution is -2.57. The zero-order chi connectivity index (χ0) is 42.3. The maximum Gasteiger partial charge on any atom is 0.246 e. The zero-order valence-electron chi connectivity index (χ0n) is 34.0. The fraction of sp³-hybridized carbons (Fsp3) is 0.548. The van der Waals surface area contributed by atoms with E-state index in [2.05, 4.69) is 26.3 Å². The smallest absolute Gasteiger partial charge is 0.246 e. The Morgan fingerprint density at radius 2 is 1.46 bits per heavy atom. The molecule has 59 heavy (non-hydrogen) atoms. The number of carbonyl (C=O) groups excluding carboxylic acids is 4. The molecule has 13 nitrogen and oxygen atoms in total. The van der Waals surface area contributed by atoms with Gasteiger partial charge in [-0.15, -0.1) is 0 Å². The lowest BCUT2D eigenvalue weighted by atomic mass is 9.85. The van der Waals surface area contributed by atoms with Gasteiger partial charge in [-0.05, 0) is 80.6 Å². The van der Waals surface area contributed by atoms with Gasteiger partial charge >= 0.3 is 0 Å². The summed E-state index contributed by atoms with van der Waals surface area (Å²) in [5, 5.41) is 11.8. The summed E-state index contributed by atoms with van der Waals surface area (Å²) in [4.78, 5) is 64.9. The average Bonchev–Trinajstić information content (AvgIpc) is 3.53. The molecule has 2 aromatic carbocycles. The third kappa shape index (κ3) is 8.95. The third-order valence-electron chi connectivity index (χ3n) is 11.7. The number of H-pyrrole nitrogens is 1. The van der Waals surface area contributed by atoms with Crippen LogP contribution in [0.5, 0.6) is 0 Å². The summed E-state index contributed by atoms with van der Waals surface area (Å²) in [5.41, 5.74) is 1.49. The molecular formula is C42H53F4N9O4. The molecule has 4 heterocycles. The van der Waals surface area contributed by atoms with E-state index >= 15 is 8.78 Å². The van der Waals surface area contributed by atoms with E-state index in [9.17, 15) is 28.0 Å². The maximum atomic E-state index is 15.5. The van der Waals surface area contributed by atoms with Gasteiger partial charge in [0.1, 0.15) is 36.1 Å². The number of hydrogen-bond donors (Lipinski definition) is 5. The predicted octanol–water partition coefficient (Wildman–Crippen LogP) is 3.75. The molecule has 3 aliphatic rings. The van der Waals surface area contributed by atoms with Crippen LogP contribution in [0.15, 0.2) is 36.4 Å². The number of likely N-dealkylation sites (tertiary alicyclic amines) is 2. The number of imidazole rings is 1. The number of aromatic amines is 1. The Kier molecular flexibility index (Phi) is 12.1. The van der Waals surface area contributed by atoms with E-state index in [1.165, 1.54) is 34.1 Å². The molecule has 7 rings (SSSR count). The molecule has 4 amide bonds. The molecule has 2 aromatic heterocycles. The molecule has 1 saturated carbocycles. The van der Waals surface area contributed by atoms with Gasteiger partial charge in [-0.2, -0.15) is 0 Å². The molecule has 0 radical (unpaired) electrons. The number of halogens is 4. The van der Waals surface area contributed by atoms with Gasteiger partial charge in [0, 0.05) is 42.4 Å². The van der Waals surface area contributed by atoms with Crippen molar-refractivity contribution in [3.05, 3.63) is 53.6 Å². The molecular weight excluding hydrogens is 771 g/mol. The molecule has 17 heteroatoms. The number of fused-ring (bicyclic) bond motifs is 2. The van der Waals surface area contributed by atoms with E-state index in [0.29, 0.717) is 33.5 Å². The number of benzene rings is 2. The van der Waals surface area contributed by atoms with Crippen LogP contribution in [0.2, 0.25) is 0 Å². The summed E-state index contributed by atoms with van der Waals surface area (Å²) < 4.78 is 62.3. The Balaban J connectivity index is 1.28. The van der Waals surface area contributed by atoms with E-state index < -0.39 is 59.5 Å². The number of alkyl halides is 2. The van der Waals surface area contributed by atoms with Crippen LogP contribution >= 0.6 is 0 Å². The van der Waals surface area contributed by atoms with Crippen LogP contribution in [-0.2, 0) is 32.1 Å². The second-order valence-electron chi connectivity index (χ2n) is 17.3. The summed E-state index contributed by atoms with van der Waals surface area (Å²) in [6.45, 7) is 5.18. The molecule has 6 unspecified atom stereocenters. The number of nitrogens with one attached hydrogen (secondary N) is 5. The first-order valence-electron chi connectivity index (χ1n) is 20.3. The highest BCUT2D eigenvalue weighted by Gasteiger charge is 2.46. The van der Waals surface area contributed by atoms with Crippen molar-refractivity contribution >= 4 is 45.6 Å². The van der Waals surface area contributed by atoms with Crippen molar-refractivity contribution in [2.24, 2.45) is 11.3 Å². The zero-order valence-corrected chi connectivity index (χ0v) is 34.0. The Morgan fingerprint density at radius 3 is 2.10 bits per heavy atom. The molecule has 2 saturated heterocycles. The van der Waals surface area contributed by atoms with Gasteiger partial charge in [0.05, 0.1) is 48.9 Å². The van der Waals surface area contributed by atoms with Crippen LogP contribution in [0.3, 0.4) is 0 Å². The second-order valence-corrected chi connectivity index (χ2v) is 17.3. The van der Waals surface area contributed by atoms with Gasteiger partial charge in [0.15, 0.2) is 5.82 Å². The first kappa shape index (κ1) is 42.1. The first-order valence-corrected chi connectivity index (χ1v) is 20.3. The lowest BCUT2D eigenvalue weighted by Gasteiger charge is -2.35. The summed E-state index contributed by atoms with van der Waals surface area (Å²) >= 11 is 0. The highest BCUT2D eigenvalue weighted by molar-refractivity contribution is 5.93. The van der Waals surface area contributed by atoms with Crippen LogP contribution in [0.1, 0.15) is 52.0 Å². The van der Waals surface area contributed by atoms with Crippen molar-refractivity contribution in [1.82, 2.24) is 45.6 Å². The van der Waals surface area contributed by atoms with Crippen molar-refractivity contribution in [3.8, 4) is 11.5 Å². The van der Waals surface area contributed by atoms with Crippen molar-refractivity contribution < 1.29 is 36.7 Å². The Hall–Kier alpha value is -5.03. The molecule has 5 N–H and O–H groups in total. The maximum absolute atomic E-state index is 15.5. The number of nitrogens with zero attached hydrogens (tertiary/aromatic N) is 4. The van der Waals surface area contributed by atoms with Gasteiger partial charge in [-0.25, -0.2) is 22.5 Å². The van der Waals surface area contributed by atoms with Gasteiger partial charge in [0.25, 0.3) is 0 Å². The lowest BCUT2D eigenvalue weighted by molar-refractivity contribution is -0.140. The topological polar surface area (TPSA) is 156 Å². The highest BCUT2D eigenvalue weighted by Crippen LogP contribution is 2.39. The summed E-state index contributed by atoms with van der Waals surface area (Å²) in [5.74, 6) is -2.33. The molecule has 4 aromatic rings. The Morgan fingerprint density at radius 1 is 0.847 bits per heavy atom. The Labute approximate surface area is 340 Å². The van der Waals surface area contributed by atoms with Gasteiger partial charge in [0.2, 0.25) is 23.6 Å². The number of rotatable bonds is 14. The molecule has 6 atom stereocenters. The SMILES string of the molecule is CNCC(=O)NC(C(=O)N1CC(F)CC1Cn1c(-c2[nH]c3cc(F)ccc3c2CC2CC(F)CN2C(=O)C(NC(=O)CNC)C(C)(C)C)nc2cc(F)ccc21)C1CC1. The van der Waals surface area contributed by atoms with Crippen LogP contribution < -0.4 is 21.3 Å². The molecule has 2 aliphatic heterocycles. The summed E-state index contributed by atoms with van der Waals surface area (Å²) in [6.07, 6.45) is -1.04. The summed E-state index contributed by atoms with van der Waals surface area (Å²) in [7, 11) is 3.25. The minimum Gasteiger partial charge on any atom is -0.352 e. The van der Waals surface area contributed by atoms with Gasteiger partial charge < -0.3 is 40.6 Å². The standard InChI is InChI=1S/C42H53F4N9O4/c1-42(2,3)38(52-35(57)18-48-5)41(59)53-19-25(45)12-27(53)16-30-29-10-8-23(43)14-31(29)49-37(30)39-50-32-15-24(44)9-11-33(32)55(39)21-28-13-26(46)20-54(28)40(58)36(22-6-7-22)51-34(56)17-47-4/h8-11,14-15,22,25-28,36,38,47-49H,6-7,12-13,16-21H2,1-5H3,(H,51,56)(H,52,57). The fourth-order valence-electron chi connectivity index (χ4n) is 8.74. The predicted molar refractivity (Wildman–Crippen MR) is 215 cm³/mol. The quantitative estimate of drug-likeness (QED) is 0.121. The van der Waals surface area contributed by atoms with Crippen LogP contribution in [-0.4, -0.2) is 125 Å². The number of aromatic nitrogens is 3. The summed E-state index contributed by atoms with van der Waals surface area (Å²) in [6, 6.07) is 5.23. The minimum absolute atomic E-state index is 0.00600. The van der Waals surface area contributed by atoms with E-state index in [1.807, 2.05) is 20.8 Å². The van der Waals surface area contributed by atoms with Crippen LogP contribution in [0, 0.1) is 23.0 Å². The fourth-order valence-corrected chi connectivity index (χ4v) is 8.74. The van der Waals surface area contributed by atoms with E-state index in [-0.39, 0.29) is 81.1 Å². The molecule has 0 spiro atoms. The van der Waals surface area contributed by atoms with E-state index in [0.717, 1.165) is 12.8 Å². The number of amides is 4. The van der Waals surface area contributed by atoms with Crippen molar-refractivity contribution in [1.29, 1.82) is 0 Å². The number of hydrogen-bond acceptors (Lipinski definition) is 7. The van der Waals surface area contributed by atoms with Crippen molar-refractivity contribution in [2.45, 2.75) is 95.9 Å². The second kappa shape index (κ2) is 16.9. The van der Waals surface area contributed by atoms with Crippen molar-refractivity contribution in [2.75, 3.05) is 40.3 Å². The molecule has 0 bridgehead atoms. The highest BCUT2D eigenvalue weighted by atomic mass is 19.1. The molecule has 3 fully saturated rings. The van der Waals surface area contributed by atoms with Crippen molar-refractivity contribution in [3.63, 3.8) is 0 Å². The van der Waals surface area contributed by atoms with Crippen LogP contribution in [0.25, 0.3) is 33.5 Å². The minimum atomic E-state index is -1.35. The molecule has 1 aliphatic carbocycles.